The Balaban J connectivity index is 2.64. The molecule has 0 aromatic carbocycles. The van der Waals surface area contributed by atoms with E-state index in [1.54, 1.807) is 20.0 Å². The summed E-state index contributed by atoms with van der Waals surface area (Å²) in [7, 11) is 1.63. The van der Waals surface area contributed by atoms with Crippen LogP contribution in [-0.2, 0) is 7.05 Å². The highest BCUT2D eigenvalue weighted by molar-refractivity contribution is 5.86. The molecule has 0 amide bonds. The molecule has 0 fully saturated rings. The minimum atomic E-state index is -1.43. The van der Waals surface area contributed by atoms with Crippen LogP contribution in [0, 0.1) is 12.7 Å². The Morgan fingerprint density at radius 1 is 1.47 bits per heavy atom. The van der Waals surface area contributed by atoms with Crippen molar-refractivity contribution in [1.29, 1.82) is 0 Å². The SMILES string of the molecule is Cc1cc(-c2ncnc(C(=O)O)c2F)n(C)n1. The lowest BCUT2D eigenvalue weighted by Crippen LogP contribution is -2.08. The number of hydrogen-bond donors (Lipinski definition) is 1. The van der Waals surface area contributed by atoms with E-state index in [0.29, 0.717) is 11.4 Å². The standard InChI is InChI=1S/C10H9FN4O2/c1-5-3-6(15(2)14-5)8-7(11)9(10(16)17)13-4-12-8/h3-4H,1-2H3,(H,16,17). The smallest absolute Gasteiger partial charge is 0.357 e. The fourth-order valence-electron chi connectivity index (χ4n) is 1.53. The molecule has 2 rings (SSSR count). The lowest BCUT2D eigenvalue weighted by Gasteiger charge is -2.03. The quantitative estimate of drug-likeness (QED) is 0.841. The Labute approximate surface area is 95.8 Å². The molecule has 2 heterocycles. The highest BCUT2D eigenvalue weighted by Gasteiger charge is 2.20. The van der Waals surface area contributed by atoms with Gasteiger partial charge < -0.3 is 5.11 Å². The number of aryl methyl sites for hydroxylation is 2. The van der Waals surface area contributed by atoms with Gasteiger partial charge >= 0.3 is 5.97 Å². The molecule has 7 heteroatoms. The summed E-state index contributed by atoms with van der Waals surface area (Å²) < 4.78 is 15.3. The normalized spacial score (nSPS) is 10.5. The van der Waals surface area contributed by atoms with Crippen LogP contribution in [-0.4, -0.2) is 30.8 Å². The zero-order valence-corrected chi connectivity index (χ0v) is 9.18. The number of carboxylic acid groups (broad SMARTS) is 1. The molecule has 88 valence electrons. The van der Waals surface area contributed by atoms with Crippen LogP contribution in [0.3, 0.4) is 0 Å². The molecule has 0 unspecified atom stereocenters. The van der Waals surface area contributed by atoms with Crippen molar-refractivity contribution in [3.63, 3.8) is 0 Å². The van der Waals surface area contributed by atoms with Crippen LogP contribution < -0.4 is 0 Å². The fraction of sp³-hybridized carbons (Fsp3) is 0.200. The number of aromatic carboxylic acids is 1. The second-order valence-corrected chi connectivity index (χ2v) is 3.48. The highest BCUT2D eigenvalue weighted by Crippen LogP contribution is 2.21. The third kappa shape index (κ3) is 1.86. The molecule has 0 bridgehead atoms. The average molecular weight is 236 g/mol. The van der Waals surface area contributed by atoms with Crippen LogP contribution in [0.2, 0.25) is 0 Å². The molecule has 6 nitrogen and oxygen atoms in total. The van der Waals surface area contributed by atoms with E-state index in [9.17, 15) is 9.18 Å². The van der Waals surface area contributed by atoms with Gasteiger partial charge in [-0.3, -0.25) is 4.68 Å². The third-order valence-electron chi connectivity index (χ3n) is 2.24. The molecule has 0 saturated carbocycles. The van der Waals surface area contributed by atoms with E-state index < -0.39 is 17.5 Å². The van der Waals surface area contributed by atoms with Gasteiger partial charge in [-0.25, -0.2) is 19.2 Å². The van der Waals surface area contributed by atoms with Crippen molar-refractivity contribution in [2.24, 2.45) is 7.05 Å². The second-order valence-electron chi connectivity index (χ2n) is 3.48. The van der Waals surface area contributed by atoms with Gasteiger partial charge in [0.25, 0.3) is 0 Å². The summed E-state index contributed by atoms with van der Waals surface area (Å²) in [5, 5.41) is 12.8. The van der Waals surface area contributed by atoms with E-state index >= 15 is 0 Å². The van der Waals surface area contributed by atoms with Crippen LogP contribution in [0.1, 0.15) is 16.2 Å². The average Bonchev–Trinajstić information content (AvgIpc) is 2.57. The molecular formula is C10H9FN4O2. The molecule has 0 aliphatic heterocycles. The summed E-state index contributed by atoms with van der Waals surface area (Å²) >= 11 is 0. The van der Waals surface area contributed by atoms with Crippen molar-refractivity contribution in [2.45, 2.75) is 6.92 Å². The maximum absolute atomic E-state index is 13.9. The van der Waals surface area contributed by atoms with Gasteiger partial charge in [0, 0.05) is 7.05 Å². The van der Waals surface area contributed by atoms with Gasteiger partial charge in [0.05, 0.1) is 11.4 Å². The van der Waals surface area contributed by atoms with E-state index in [4.69, 9.17) is 5.11 Å². The van der Waals surface area contributed by atoms with Crippen molar-refractivity contribution in [1.82, 2.24) is 19.7 Å². The monoisotopic (exact) mass is 236 g/mol. The van der Waals surface area contributed by atoms with E-state index in [0.717, 1.165) is 6.33 Å². The minimum Gasteiger partial charge on any atom is -0.476 e. The zero-order valence-electron chi connectivity index (χ0n) is 9.18. The second kappa shape index (κ2) is 3.93. The molecule has 2 aromatic rings. The molecule has 0 spiro atoms. The fourth-order valence-corrected chi connectivity index (χ4v) is 1.53. The highest BCUT2D eigenvalue weighted by atomic mass is 19.1. The van der Waals surface area contributed by atoms with Gasteiger partial charge in [-0.05, 0) is 13.0 Å². The Hall–Kier alpha value is -2.31. The topological polar surface area (TPSA) is 80.9 Å². The van der Waals surface area contributed by atoms with Gasteiger partial charge in [-0.15, -0.1) is 0 Å². The first kappa shape index (κ1) is 11.2. The summed E-state index contributed by atoms with van der Waals surface area (Å²) in [4.78, 5) is 17.9. The Morgan fingerprint density at radius 2 is 2.18 bits per heavy atom. The van der Waals surface area contributed by atoms with E-state index in [1.807, 2.05) is 0 Å². The van der Waals surface area contributed by atoms with Gasteiger partial charge in [0.15, 0.2) is 11.5 Å². The Morgan fingerprint density at radius 3 is 2.71 bits per heavy atom. The summed E-state index contributed by atoms with van der Waals surface area (Å²) in [6.07, 6.45) is 1.02. The van der Waals surface area contributed by atoms with Crippen LogP contribution in [0.5, 0.6) is 0 Å². The van der Waals surface area contributed by atoms with Crippen molar-refractivity contribution in [3.8, 4) is 11.4 Å². The maximum atomic E-state index is 13.9. The van der Waals surface area contributed by atoms with Crippen LogP contribution in [0.4, 0.5) is 4.39 Å². The van der Waals surface area contributed by atoms with E-state index in [-0.39, 0.29) is 5.69 Å². The largest absolute Gasteiger partial charge is 0.476 e. The predicted octanol–water partition coefficient (Wildman–Crippen LogP) is 1.02. The number of carboxylic acids is 1. The van der Waals surface area contributed by atoms with Gasteiger partial charge in [0.1, 0.15) is 12.0 Å². The molecule has 0 aliphatic rings. The van der Waals surface area contributed by atoms with Crippen molar-refractivity contribution in [3.05, 3.63) is 29.6 Å². The first-order chi connectivity index (χ1) is 8.00. The summed E-state index contributed by atoms with van der Waals surface area (Å²) in [5.74, 6) is -2.38. The lowest BCUT2D eigenvalue weighted by atomic mass is 10.2. The molecule has 17 heavy (non-hydrogen) atoms. The molecule has 0 radical (unpaired) electrons. The summed E-state index contributed by atoms with van der Waals surface area (Å²) in [6, 6.07) is 1.62. The van der Waals surface area contributed by atoms with Crippen molar-refractivity contribution in [2.75, 3.05) is 0 Å². The number of halogens is 1. The molecule has 0 saturated heterocycles. The molecule has 2 aromatic heterocycles. The van der Waals surface area contributed by atoms with E-state index in [2.05, 4.69) is 15.1 Å². The number of nitrogens with zero attached hydrogens (tertiary/aromatic N) is 4. The van der Waals surface area contributed by atoms with E-state index in [1.165, 1.54) is 4.68 Å². The van der Waals surface area contributed by atoms with Crippen molar-refractivity contribution >= 4 is 5.97 Å². The summed E-state index contributed by atoms with van der Waals surface area (Å²) in [5.41, 5.74) is 0.386. The first-order valence-corrected chi connectivity index (χ1v) is 4.75. The third-order valence-corrected chi connectivity index (χ3v) is 2.24. The lowest BCUT2D eigenvalue weighted by molar-refractivity contribution is 0.0684. The van der Waals surface area contributed by atoms with Gasteiger partial charge in [-0.1, -0.05) is 0 Å². The van der Waals surface area contributed by atoms with Crippen LogP contribution >= 0.6 is 0 Å². The number of hydrogen-bond acceptors (Lipinski definition) is 4. The Kier molecular flexibility index (Phi) is 2.58. The first-order valence-electron chi connectivity index (χ1n) is 4.75. The zero-order chi connectivity index (χ0) is 12.6. The summed E-state index contributed by atoms with van der Waals surface area (Å²) in [6.45, 7) is 1.75. The van der Waals surface area contributed by atoms with Gasteiger partial charge in [-0.2, -0.15) is 5.10 Å². The number of carbonyl (C=O) groups is 1. The Bertz CT molecular complexity index is 594. The van der Waals surface area contributed by atoms with Crippen molar-refractivity contribution < 1.29 is 14.3 Å². The molecule has 0 aliphatic carbocycles. The molecule has 1 N–H and O–H groups in total. The molecule has 0 atom stereocenters. The molecular weight excluding hydrogens is 227 g/mol. The minimum absolute atomic E-state index is 0.0690. The maximum Gasteiger partial charge on any atom is 0.357 e. The number of aromatic nitrogens is 4. The van der Waals surface area contributed by atoms with Crippen LogP contribution in [0.25, 0.3) is 11.4 Å². The number of rotatable bonds is 2. The van der Waals surface area contributed by atoms with Crippen LogP contribution in [0.15, 0.2) is 12.4 Å². The predicted molar refractivity (Wildman–Crippen MR) is 55.9 cm³/mol. The van der Waals surface area contributed by atoms with Gasteiger partial charge in [0.2, 0.25) is 0 Å².